The largest absolute Gasteiger partial charge is 0.497 e. The maximum Gasteiger partial charge on any atom is 0.318 e. The first-order chi connectivity index (χ1) is 14.5. The number of methoxy groups -OCH3 is 1. The molecule has 8 nitrogen and oxygen atoms in total. The quantitative estimate of drug-likeness (QED) is 0.710. The van der Waals surface area contributed by atoms with Gasteiger partial charge in [-0.3, -0.25) is 9.69 Å². The second-order valence-corrected chi connectivity index (χ2v) is 8.18. The van der Waals surface area contributed by atoms with Crippen LogP contribution in [0.25, 0.3) is 0 Å². The van der Waals surface area contributed by atoms with E-state index in [1.165, 1.54) is 0 Å². The van der Waals surface area contributed by atoms with Gasteiger partial charge in [-0.15, -0.1) is 0 Å². The Hall–Kier alpha value is -2.32. The van der Waals surface area contributed by atoms with Gasteiger partial charge in [0.1, 0.15) is 11.8 Å². The van der Waals surface area contributed by atoms with Crippen LogP contribution < -0.4 is 15.4 Å². The van der Waals surface area contributed by atoms with E-state index in [-0.39, 0.29) is 17.5 Å². The van der Waals surface area contributed by atoms with Crippen molar-refractivity contribution in [1.29, 1.82) is 0 Å². The van der Waals surface area contributed by atoms with Crippen molar-refractivity contribution in [1.82, 2.24) is 15.1 Å². The average molecular weight is 419 g/mol. The summed E-state index contributed by atoms with van der Waals surface area (Å²) in [6.45, 7) is 8.65. The number of carbonyl (C=O) groups excluding carboxylic acids is 2. The van der Waals surface area contributed by atoms with E-state index in [9.17, 15) is 9.59 Å². The summed E-state index contributed by atoms with van der Waals surface area (Å²) in [5.74, 6) is 0.577. The van der Waals surface area contributed by atoms with Crippen molar-refractivity contribution < 1.29 is 19.1 Å². The lowest BCUT2D eigenvalue weighted by Gasteiger charge is -2.43. The van der Waals surface area contributed by atoms with E-state index in [0.717, 1.165) is 44.9 Å². The van der Waals surface area contributed by atoms with Crippen LogP contribution in [-0.2, 0) is 9.53 Å². The number of hydrogen-bond donors (Lipinski definition) is 2. The van der Waals surface area contributed by atoms with E-state index >= 15 is 0 Å². The third kappa shape index (κ3) is 5.23. The van der Waals surface area contributed by atoms with E-state index in [0.29, 0.717) is 25.2 Å². The number of morpholine rings is 1. The Morgan fingerprint density at radius 3 is 2.53 bits per heavy atom. The molecule has 166 valence electrons. The molecular weight excluding hydrogens is 384 g/mol. The summed E-state index contributed by atoms with van der Waals surface area (Å²) >= 11 is 0. The summed E-state index contributed by atoms with van der Waals surface area (Å²) in [4.78, 5) is 29.8. The minimum absolute atomic E-state index is 0.125. The van der Waals surface area contributed by atoms with Crippen LogP contribution >= 0.6 is 0 Å². The zero-order valence-electron chi connectivity index (χ0n) is 18.3. The maximum atomic E-state index is 12.9. The fraction of sp³-hybridized carbons (Fsp3) is 0.636. The van der Waals surface area contributed by atoms with Crippen molar-refractivity contribution >= 4 is 17.6 Å². The molecule has 2 aliphatic heterocycles. The number of carbonyl (C=O) groups is 2. The Morgan fingerprint density at radius 1 is 1.20 bits per heavy atom. The minimum atomic E-state index is -0.455. The molecule has 2 fully saturated rings. The van der Waals surface area contributed by atoms with Gasteiger partial charge < -0.3 is 25.0 Å². The number of rotatable bonds is 7. The maximum absolute atomic E-state index is 12.9. The van der Waals surface area contributed by atoms with Crippen molar-refractivity contribution in [3.8, 4) is 5.75 Å². The van der Waals surface area contributed by atoms with E-state index < -0.39 is 6.04 Å². The fourth-order valence-electron chi connectivity index (χ4n) is 4.11. The third-order valence-electron chi connectivity index (χ3n) is 6.33. The van der Waals surface area contributed by atoms with Crippen molar-refractivity contribution in [3.63, 3.8) is 0 Å². The highest BCUT2D eigenvalue weighted by atomic mass is 16.5. The average Bonchev–Trinajstić information content (AvgIpc) is 3.28. The summed E-state index contributed by atoms with van der Waals surface area (Å²) in [6, 6.07) is 6.56. The number of amides is 3. The molecule has 2 saturated heterocycles. The molecule has 0 aromatic heterocycles. The molecule has 0 spiro atoms. The third-order valence-corrected chi connectivity index (χ3v) is 6.33. The van der Waals surface area contributed by atoms with Crippen molar-refractivity contribution in [3.05, 3.63) is 24.3 Å². The van der Waals surface area contributed by atoms with Gasteiger partial charge in [-0.25, -0.2) is 4.79 Å². The molecule has 0 radical (unpaired) electrons. The second-order valence-electron chi connectivity index (χ2n) is 8.18. The first-order valence-electron chi connectivity index (χ1n) is 10.8. The molecule has 0 bridgehead atoms. The van der Waals surface area contributed by atoms with E-state index in [1.54, 1.807) is 36.3 Å². The number of ether oxygens (including phenoxy) is 2. The molecule has 0 saturated carbocycles. The van der Waals surface area contributed by atoms with Gasteiger partial charge >= 0.3 is 6.03 Å². The van der Waals surface area contributed by atoms with Gasteiger partial charge in [-0.1, -0.05) is 6.92 Å². The lowest BCUT2D eigenvalue weighted by atomic mass is 9.95. The number of nitrogens with one attached hydrogen (secondary N) is 2. The molecule has 8 heteroatoms. The summed E-state index contributed by atoms with van der Waals surface area (Å²) in [6.07, 6.45) is 2.42. The van der Waals surface area contributed by atoms with Gasteiger partial charge in [0.2, 0.25) is 5.91 Å². The Kier molecular flexibility index (Phi) is 7.55. The predicted octanol–water partition coefficient (Wildman–Crippen LogP) is 2.31. The van der Waals surface area contributed by atoms with Gasteiger partial charge in [0.25, 0.3) is 0 Å². The van der Waals surface area contributed by atoms with E-state index in [2.05, 4.69) is 29.4 Å². The SMILES string of the molecule is CC[C@](C)(CNC(=O)N1CCC[C@H]1C(=O)Nc1ccc(OC)cc1)N1CCOCC1. The van der Waals surface area contributed by atoms with Gasteiger partial charge in [0, 0.05) is 37.4 Å². The van der Waals surface area contributed by atoms with Gasteiger partial charge in [-0.2, -0.15) is 0 Å². The summed E-state index contributed by atoms with van der Waals surface area (Å²) in [7, 11) is 1.60. The molecular formula is C22H34N4O4. The van der Waals surface area contributed by atoms with Gasteiger partial charge in [-0.05, 0) is 50.5 Å². The topological polar surface area (TPSA) is 83.1 Å². The normalized spacial score (nSPS) is 21.7. The van der Waals surface area contributed by atoms with Crippen molar-refractivity contribution in [2.24, 2.45) is 0 Å². The Labute approximate surface area is 178 Å². The molecule has 3 rings (SSSR count). The Bertz CT molecular complexity index is 720. The number of benzene rings is 1. The molecule has 0 aliphatic carbocycles. The van der Waals surface area contributed by atoms with E-state index in [4.69, 9.17) is 9.47 Å². The van der Waals surface area contributed by atoms with Crippen LogP contribution in [0.1, 0.15) is 33.1 Å². The van der Waals surface area contributed by atoms with Gasteiger partial charge in [0.15, 0.2) is 0 Å². The zero-order chi connectivity index (χ0) is 21.6. The van der Waals surface area contributed by atoms with Crippen molar-refractivity contribution in [2.45, 2.75) is 44.7 Å². The molecule has 30 heavy (non-hydrogen) atoms. The number of hydrogen-bond acceptors (Lipinski definition) is 5. The number of likely N-dealkylation sites (tertiary alicyclic amines) is 1. The van der Waals surface area contributed by atoms with Crippen LogP contribution in [0.3, 0.4) is 0 Å². The molecule has 2 N–H and O–H groups in total. The molecule has 2 aliphatic rings. The summed E-state index contributed by atoms with van der Waals surface area (Å²) in [5.41, 5.74) is 0.568. The highest BCUT2D eigenvalue weighted by molar-refractivity contribution is 5.97. The Morgan fingerprint density at radius 2 is 1.90 bits per heavy atom. The van der Waals surface area contributed by atoms with Crippen LogP contribution in [0.5, 0.6) is 5.75 Å². The number of anilines is 1. The number of urea groups is 1. The van der Waals surface area contributed by atoms with Crippen LogP contribution in [0, 0.1) is 0 Å². The summed E-state index contributed by atoms with van der Waals surface area (Å²) in [5, 5.41) is 6.00. The van der Waals surface area contributed by atoms with Crippen LogP contribution in [0.4, 0.5) is 10.5 Å². The monoisotopic (exact) mass is 418 g/mol. The number of nitrogens with zero attached hydrogens (tertiary/aromatic N) is 2. The lowest BCUT2D eigenvalue weighted by Crippen LogP contribution is -2.58. The zero-order valence-corrected chi connectivity index (χ0v) is 18.3. The van der Waals surface area contributed by atoms with Crippen LogP contribution in [0.15, 0.2) is 24.3 Å². The van der Waals surface area contributed by atoms with Crippen molar-refractivity contribution in [2.75, 3.05) is 51.8 Å². The smallest absolute Gasteiger partial charge is 0.318 e. The first kappa shape index (κ1) is 22.4. The standard InChI is InChI=1S/C22H34N4O4/c1-4-22(2,25-12-14-30-15-13-25)16-23-21(28)26-11-5-6-19(26)20(27)24-17-7-9-18(29-3)10-8-17/h7-10,19H,4-6,11-16H2,1-3H3,(H,23,28)(H,24,27)/t19-,22+/m0/s1. The van der Waals surface area contributed by atoms with Crippen LogP contribution in [0.2, 0.25) is 0 Å². The molecule has 1 aromatic carbocycles. The molecule has 3 amide bonds. The highest BCUT2D eigenvalue weighted by Crippen LogP contribution is 2.23. The van der Waals surface area contributed by atoms with Crippen LogP contribution in [-0.4, -0.2) is 79.8 Å². The lowest BCUT2D eigenvalue weighted by molar-refractivity contribution is -0.119. The molecule has 2 heterocycles. The second kappa shape index (κ2) is 10.1. The Balaban J connectivity index is 1.56. The molecule has 1 aromatic rings. The molecule has 0 unspecified atom stereocenters. The first-order valence-corrected chi connectivity index (χ1v) is 10.8. The predicted molar refractivity (Wildman–Crippen MR) is 116 cm³/mol. The van der Waals surface area contributed by atoms with E-state index in [1.807, 2.05) is 0 Å². The molecule has 2 atom stereocenters. The minimum Gasteiger partial charge on any atom is -0.497 e. The summed E-state index contributed by atoms with van der Waals surface area (Å²) < 4.78 is 10.6. The fourth-order valence-corrected chi connectivity index (χ4v) is 4.11. The highest BCUT2D eigenvalue weighted by Gasteiger charge is 2.36. The van der Waals surface area contributed by atoms with Gasteiger partial charge in [0.05, 0.1) is 20.3 Å².